The quantitative estimate of drug-likeness (QED) is 0.748. The van der Waals surface area contributed by atoms with Crippen LogP contribution in [0.15, 0.2) is 36.5 Å². The molecule has 0 saturated carbocycles. The Bertz CT molecular complexity index is 826. The number of urea groups is 1. The van der Waals surface area contributed by atoms with E-state index in [1.54, 1.807) is 12.1 Å². The summed E-state index contributed by atoms with van der Waals surface area (Å²) >= 11 is 0. The first-order valence-corrected chi connectivity index (χ1v) is 8.64. The minimum atomic E-state index is -0.794. The van der Waals surface area contributed by atoms with E-state index in [1.807, 2.05) is 52.8 Å². The Morgan fingerprint density at radius 3 is 2.33 bits per heavy atom. The van der Waals surface area contributed by atoms with Crippen molar-refractivity contribution in [3.05, 3.63) is 47.7 Å². The highest BCUT2D eigenvalue weighted by molar-refractivity contribution is 5.93. The molecular formula is C20H26N4O3. The molecule has 1 unspecified atom stereocenters. The molecule has 144 valence electrons. The van der Waals surface area contributed by atoms with Gasteiger partial charge in [0.25, 0.3) is 0 Å². The number of nitrogens with zero attached hydrogens (tertiary/aromatic N) is 1. The lowest BCUT2D eigenvalue weighted by molar-refractivity contribution is -0.122. The van der Waals surface area contributed by atoms with Crippen LogP contribution in [-0.4, -0.2) is 23.0 Å². The maximum Gasteiger partial charge on any atom is 0.319 e. The molecule has 7 heteroatoms. The fraction of sp³-hybridized carbons (Fsp3) is 0.350. The Morgan fingerprint density at radius 2 is 1.81 bits per heavy atom. The Labute approximate surface area is 159 Å². The molecule has 0 aliphatic carbocycles. The van der Waals surface area contributed by atoms with Crippen molar-refractivity contribution < 1.29 is 14.3 Å². The van der Waals surface area contributed by atoms with Crippen LogP contribution in [0.5, 0.6) is 11.6 Å². The van der Waals surface area contributed by atoms with Crippen molar-refractivity contribution in [1.82, 2.24) is 10.3 Å². The first-order chi connectivity index (χ1) is 12.6. The predicted molar refractivity (Wildman–Crippen MR) is 105 cm³/mol. The van der Waals surface area contributed by atoms with E-state index >= 15 is 0 Å². The molecule has 4 N–H and O–H groups in total. The van der Waals surface area contributed by atoms with Crippen molar-refractivity contribution in [2.45, 2.75) is 40.7 Å². The second-order valence-corrected chi connectivity index (χ2v) is 7.53. The van der Waals surface area contributed by atoms with Crippen LogP contribution < -0.4 is 21.1 Å². The lowest BCUT2D eigenvalue weighted by atomic mass is 9.86. The number of nitrogens with two attached hydrogens (primary N) is 1. The maximum absolute atomic E-state index is 12.1. The van der Waals surface area contributed by atoms with Gasteiger partial charge in [0.05, 0.1) is 11.9 Å². The summed E-state index contributed by atoms with van der Waals surface area (Å²) in [5.41, 5.74) is 7.66. The molecule has 1 aromatic heterocycles. The van der Waals surface area contributed by atoms with Crippen LogP contribution in [0.4, 0.5) is 10.5 Å². The van der Waals surface area contributed by atoms with Gasteiger partial charge in [-0.15, -0.1) is 0 Å². The van der Waals surface area contributed by atoms with E-state index in [2.05, 4.69) is 15.6 Å². The van der Waals surface area contributed by atoms with Crippen molar-refractivity contribution in [3.63, 3.8) is 0 Å². The lowest BCUT2D eigenvalue weighted by Crippen LogP contribution is -2.53. The number of pyridine rings is 1. The molecule has 0 spiro atoms. The summed E-state index contributed by atoms with van der Waals surface area (Å²) in [6, 6.07) is 7.79. The number of carbonyl (C=O) groups excluding carboxylic acids is 2. The molecule has 0 bridgehead atoms. The number of ether oxygens (including phenoxy) is 1. The molecule has 1 heterocycles. The Balaban J connectivity index is 1.99. The van der Waals surface area contributed by atoms with Crippen LogP contribution in [0.2, 0.25) is 0 Å². The average molecular weight is 370 g/mol. The Kier molecular flexibility index (Phi) is 6.05. The fourth-order valence-electron chi connectivity index (χ4n) is 2.43. The van der Waals surface area contributed by atoms with Crippen LogP contribution in [0.3, 0.4) is 0 Å². The van der Waals surface area contributed by atoms with Gasteiger partial charge < -0.3 is 21.1 Å². The van der Waals surface area contributed by atoms with E-state index in [0.29, 0.717) is 17.3 Å². The molecule has 2 rings (SSSR count). The summed E-state index contributed by atoms with van der Waals surface area (Å²) in [7, 11) is 0. The van der Waals surface area contributed by atoms with Crippen molar-refractivity contribution in [2.24, 2.45) is 11.1 Å². The van der Waals surface area contributed by atoms with Gasteiger partial charge in [-0.3, -0.25) is 4.79 Å². The molecule has 27 heavy (non-hydrogen) atoms. The van der Waals surface area contributed by atoms with E-state index in [1.165, 1.54) is 11.8 Å². The molecule has 0 aliphatic rings. The summed E-state index contributed by atoms with van der Waals surface area (Å²) < 4.78 is 5.71. The highest BCUT2D eigenvalue weighted by Crippen LogP contribution is 2.23. The molecule has 0 saturated heterocycles. The van der Waals surface area contributed by atoms with E-state index in [9.17, 15) is 9.59 Å². The van der Waals surface area contributed by atoms with Crippen LogP contribution in [0.25, 0.3) is 0 Å². The number of carbonyl (C=O) groups is 2. The third-order valence-corrected chi connectivity index (χ3v) is 4.12. The van der Waals surface area contributed by atoms with Gasteiger partial charge in [0.15, 0.2) is 0 Å². The lowest BCUT2D eigenvalue weighted by Gasteiger charge is -2.28. The Hall–Kier alpha value is -3.09. The van der Waals surface area contributed by atoms with Gasteiger partial charge in [-0.2, -0.15) is 0 Å². The zero-order chi connectivity index (χ0) is 20.2. The average Bonchev–Trinajstić information content (AvgIpc) is 2.56. The largest absolute Gasteiger partial charge is 0.439 e. The summed E-state index contributed by atoms with van der Waals surface area (Å²) in [5.74, 6) is 0.514. The third kappa shape index (κ3) is 5.70. The fourth-order valence-corrected chi connectivity index (χ4v) is 2.43. The van der Waals surface area contributed by atoms with Crippen molar-refractivity contribution in [1.29, 1.82) is 0 Å². The summed E-state index contributed by atoms with van der Waals surface area (Å²) in [5, 5.41) is 5.22. The van der Waals surface area contributed by atoms with Gasteiger partial charge in [-0.05, 0) is 48.6 Å². The number of benzene rings is 1. The normalized spacial score (nSPS) is 12.2. The number of primary amides is 1. The zero-order valence-corrected chi connectivity index (χ0v) is 16.3. The van der Waals surface area contributed by atoms with Crippen LogP contribution >= 0.6 is 0 Å². The molecule has 0 radical (unpaired) electrons. The number of hydrogen-bond acceptors (Lipinski definition) is 4. The summed E-state index contributed by atoms with van der Waals surface area (Å²) in [6.45, 7) is 9.51. The molecule has 7 nitrogen and oxygen atoms in total. The molecule has 0 fully saturated rings. The predicted octanol–water partition coefficient (Wildman–Crippen LogP) is 3.51. The number of rotatable bonds is 5. The number of amides is 3. The number of aromatic nitrogens is 1. The van der Waals surface area contributed by atoms with Crippen LogP contribution in [0, 0.1) is 19.3 Å². The van der Waals surface area contributed by atoms with Crippen LogP contribution in [0.1, 0.15) is 31.9 Å². The van der Waals surface area contributed by atoms with E-state index in [0.717, 1.165) is 5.56 Å². The van der Waals surface area contributed by atoms with Crippen molar-refractivity contribution >= 4 is 17.6 Å². The second kappa shape index (κ2) is 8.07. The number of nitrogens with one attached hydrogen (secondary N) is 2. The topological polar surface area (TPSA) is 106 Å². The highest BCUT2D eigenvalue weighted by atomic mass is 16.5. The smallest absolute Gasteiger partial charge is 0.319 e. The number of anilines is 1. The van der Waals surface area contributed by atoms with E-state index in [-0.39, 0.29) is 0 Å². The third-order valence-electron chi connectivity index (χ3n) is 4.12. The first kappa shape index (κ1) is 20.2. The summed E-state index contributed by atoms with van der Waals surface area (Å²) in [4.78, 5) is 27.9. The Morgan fingerprint density at radius 1 is 1.11 bits per heavy atom. The molecule has 2 aromatic rings. The van der Waals surface area contributed by atoms with Gasteiger partial charge in [0.1, 0.15) is 11.8 Å². The van der Waals surface area contributed by atoms with Gasteiger partial charge >= 0.3 is 6.03 Å². The molecule has 1 aromatic carbocycles. The minimum Gasteiger partial charge on any atom is -0.439 e. The maximum atomic E-state index is 12.1. The van der Waals surface area contributed by atoms with E-state index in [4.69, 9.17) is 10.5 Å². The molecule has 0 aliphatic heterocycles. The molecule has 1 atom stereocenters. The van der Waals surface area contributed by atoms with Gasteiger partial charge in [0.2, 0.25) is 11.8 Å². The zero-order valence-electron chi connectivity index (χ0n) is 16.3. The van der Waals surface area contributed by atoms with Crippen molar-refractivity contribution in [3.8, 4) is 11.6 Å². The molecule has 3 amide bonds. The first-order valence-electron chi connectivity index (χ1n) is 8.64. The highest BCUT2D eigenvalue weighted by Gasteiger charge is 2.31. The summed E-state index contributed by atoms with van der Waals surface area (Å²) in [6.07, 6.45) is 1.48. The minimum absolute atomic E-state index is 0.411. The molecular weight excluding hydrogens is 344 g/mol. The number of aryl methyl sites for hydroxylation is 2. The van der Waals surface area contributed by atoms with E-state index < -0.39 is 23.4 Å². The van der Waals surface area contributed by atoms with Crippen LogP contribution in [-0.2, 0) is 4.79 Å². The van der Waals surface area contributed by atoms with Crippen molar-refractivity contribution in [2.75, 3.05) is 5.32 Å². The van der Waals surface area contributed by atoms with Gasteiger partial charge in [-0.1, -0.05) is 26.8 Å². The van der Waals surface area contributed by atoms with Gasteiger partial charge in [0, 0.05) is 6.07 Å². The second-order valence-electron chi connectivity index (χ2n) is 7.53. The number of hydrogen-bond donors (Lipinski definition) is 3. The standard InChI is InChI=1S/C20H26N4O3/c1-12-6-8-15(10-13(12)2)27-16-9-7-14(11-22-16)23-19(26)24-17(18(21)25)20(3,4)5/h6-11,17H,1-5H3,(H2,21,25)(H2,23,24,26). The van der Waals surface area contributed by atoms with Gasteiger partial charge in [-0.25, -0.2) is 9.78 Å². The monoisotopic (exact) mass is 370 g/mol. The SMILES string of the molecule is Cc1ccc(Oc2ccc(NC(=O)NC(C(N)=O)C(C)(C)C)cn2)cc1C.